The normalized spacial score (nSPS) is 19.7. The van der Waals surface area contributed by atoms with Crippen LogP contribution in [0.5, 0.6) is 11.5 Å². The lowest BCUT2D eigenvalue weighted by Crippen LogP contribution is -2.53. The van der Waals surface area contributed by atoms with Crippen molar-refractivity contribution in [3.05, 3.63) is 51.0 Å². The maximum absolute atomic E-state index is 14.7. The van der Waals surface area contributed by atoms with Gasteiger partial charge in [-0.1, -0.05) is 27.5 Å². The number of alkyl carbamates (subject to hydrolysis) is 1. The molecule has 2 amide bonds. The van der Waals surface area contributed by atoms with Crippen LogP contribution in [0.15, 0.2) is 33.7 Å². The molecule has 1 spiro atoms. The lowest BCUT2D eigenvalue weighted by molar-refractivity contribution is -0.128. The second kappa shape index (κ2) is 7.70. The van der Waals surface area contributed by atoms with Gasteiger partial charge in [0.15, 0.2) is 5.75 Å². The quantitative estimate of drug-likeness (QED) is 0.502. The molecular weight excluding hydrogens is 507 g/mol. The summed E-state index contributed by atoms with van der Waals surface area (Å²) in [4.78, 5) is 35.1. The lowest BCUT2D eigenvalue weighted by atomic mass is 9.77. The second-order valence-corrected chi connectivity index (χ2v) is 9.71. The Morgan fingerprint density at radius 2 is 2.06 bits per heavy atom. The molecule has 8 nitrogen and oxygen atoms in total. The van der Waals surface area contributed by atoms with E-state index in [1.807, 2.05) is 0 Å². The van der Waals surface area contributed by atoms with Gasteiger partial charge in [-0.3, -0.25) is 15.0 Å². The van der Waals surface area contributed by atoms with Gasteiger partial charge in [-0.05, 0) is 45.0 Å². The molecule has 0 bridgehead atoms. The lowest BCUT2D eigenvalue weighted by Gasteiger charge is -2.41. The highest BCUT2D eigenvalue weighted by molar-refractivity contribution is 9.10. The Morgan fingerprint density at radius 1 is 1.34 bits per heavy atom. The minimum Gasteiger partial charge on any atom is -0.452 e. The Balaban J connectivity index is 1.94. The first kappa shape index (κ1) is 22.5. The summed E-state index contributed by atoms with van der Waals surface area (Å²) in [7, 11) is 1.48. The molecule has 32 heavy (non-hydrogen) atoms. The number of aromatic nitrogens is 1. The number of pyridine rings is 1. The fraction of sp³-hybridized carbons (Fsp3) is 0.333. The number of hydrogen-bond donors (Lipinski definition) is 1. The number of ether oxygens (including phenoxy) is 2. The third-order valence-electron chi connectivity index (χ3n) is 4.95. The van der Waals surface area contributed by atoms with Crippen LogP contribution in [0.3, 0.4) is 0 Å². The number of nitrogens with one attached hydrogen (secondary N) is 1. The predicted molar refractivity (Wildman–Crippen MR) is 118 cm³/mol. The van der Waals surface area contributed by atoms with Crippen LogP contribution in [0, 0.1) is 5.95 Å². The van der Waals surface area contributed by atoms with Gasteiger partial charge in [0.25, 0.3) is 5.95 Å². The molecule has 0 fully saturated rings. The third kappa shape index (κ3) is 3.93. The standard InChI is InChI=1S/C21H19BrClFN4O4/c1-20(2,3)32-19(30)26-18-27-21(9-15(29)28(18)4)11-7-10(22)5-6-13(11)31-16-12(21)8-14(23)25-17(16)24/h5-8H,9H2,1-4H3,(H,26,27,30). The number of halogens is 3. The summed E-state index contributed by atoms with van der Waals surface area (Å²) in [5.41, 5.74) is -1.44. The monoisotopic (exact) mass is 524 g/mol. The van der Waals surface area contributed by atoms with Gasteiger partial charge in [-0.15, -0.1) is 0 Å². The van der Waals surface area contributed by atoms with Crippen molar-refractivity contribution >= 4 is 45.5 Å². The number of aliphatic imine (C=N–C) groups is 1. The first-order chi connectivity index (χ1) is 14.9. The fourth-order valence-corrected chi connectivity index (χ4v) is 4.16. The topological polar surface area (TPSA) is 93.1 Å². The Kier molecular flexibility index (Phi) is 5.41. The summed E-state index contributed by atoms with van der Waals surface area (Å²) in [6.07, 6.45) is -0.934. The maximum Gasteiger partial charge on any atom is 0.414 e. The maximum atomic E-state index is 14.7. The third-order valence-corrected chi connectivity index (χ3v) is 5.64. The summed E-state index contributed by atoms with van der Waals surface area (Å²) in [5, 5.41) is 2.41. The summed E-state index contributed by atoms with van der Waals surface area (Å²) < 4.78 is 26.5. The van der Waals surface area contributed by atoms with Crippen LogP contribution in [-0.4, -0.2) is 40.5 Å². The van der Waals surface area contributed by atoms with Gasteiger partial charge in [-0.25, -0.2) is 14.8 Å². The van der Waals surface area contributed by atoms with Crippen molar-refractivity contribution in [1.29, 1.82) is 0 Å². The van der Waals surface area contributed by atoms with Gasteiger partial charge in [0.1, 0.15) is 22.0 Å². The van der Waals surface area contributed by atoms with Crippen LogP contribution >= 0.6 is 27.5 Å². The molecule has 1 aromatic heterocycles. The van der Waals surface area contributed by atoms with E-state index in [9.17, 15) is 14.0 Å². The van der Waals surface area contributed by atoms with Crippen LogP contribution in [0.1, 0.15) is 38.3 Å². The number of carbonyl (C=O) groups is 2. The number of guanidine groups is 1. The zero-order valence-corrected chi connectivity index (χ0v) is 20.0. The minimum absolute atomic E-state index is 0.0531. The molecule has 1 aromatic carbocycles. The number of amides is 2. The summed E-state index contributed by atoms with van der Waals surface area (Å²) in [5.74, 6) is -1.21. The molecule has 2 aliphatic rings. The van der Waals surface area contributed by atoms with Gasteiger partial charge in [-0.2, -0.15) is 4.39 Å². The molecule has 1 unspecified atom stereocenters. The minimum atomic E-state index is -1.41. The zero-order chi connectivity index (χ0) is 23.4. The first-order valence-electron chi connectivity index (χ1n) is 9.60. The average Bonchev–Trinajstić information content (AvgIpc) is 2.66. The van der Waals surface area contributed by atoms with Crippen LogP contribution < -0.4 is 10.1 Å². The number of nitrogens with zero attached hydrogens (tertiary/aromatic N) is 3. The van der Waals surface area contributed by atoms with Gasteiger partial charge < -0.3 is 9.47 Å². The molecule has 2 aromatic rings. The van der Waals surface area contributed by atoms with E-state index in [-0.39, 0.29) is 34.8 Å². The van der Waals surface area contributed by atoms with Gasteiger partial charge in [0, 0.05) is 22.6 Å². The van der Waals surface area contributed by atoms with Crippen molar-refractivity contribution in [1.82, 2.24) is 15.2 Å². The van der Waals surface area contributed by atoms with E-state index >= 15 is 0 Å². The SMILES string of the molecule is CN1C(=O)CC2(N=C1NC(=O)OC(C)(C)C)c1cc(Br)ccc1Oc1c2cc(Cl)nc1F. The average molecular weight is 526 g/mol. The van der Waals surface area contributed by atoms with E-state index in [1.165, 1.54) is 18.0 Å². The van der Waals surface area contributed by atoms with E-state index < -0.39 is 23.2 Å². The predicted octanol–water partition coefficient (Wildman–Crippen LogP) is 4.73. The number of fused-ring (bicyclic) bond motifs is 4. The number of rotatable bonds is 0. The van der Waals surface area contributed by atoms with E-state index in [1.54, 1.807) is 39.0 Å². The molecule has 0 aliphatic carbocycles. The first-order valence-corrected chi connectivity index (χ1v) is 10.8. The Labute approximate surface area is 196 Å². The molecule has 4 rings (SSSR count). The Morgan fingerprint density at radius 3 is 2.75 bits per heavy atom. The molecule has 0 radical (unpaired) electrons. The Bertz CT molecular complexity index is 1180. The number of benzene rings is 1. The van der Waals surface area contributed by atoms with Crippen LogP contribution in [0.25, 0.3) is 0 Å². The number of carbonyl (C=O) groups excluding carboxylic acids is 2. The molecule has 0 saturated carbocycles. The number of hydrogen-bond acceptors (Lipinski definition) is 6. The molecule has 168 valence electrons. The van der Waals surface area contributed by atoms with Gasteiger partial charge >= 0.3 is 6.09 Å². The molecule has 2 aliphatic heterocycles. The highest BCUT2D eigenvalue weighted by Crippen LogP contribution is 2.53. The molecule has 11 heteroatoms. The van der Waals surface area contributed by atoms with Crippen LogP contribution in [0.2, 0.25) is 5.15 Å². The summed E-state index contributed by atoms with van der Waals surface area (Å²) >= 11 is 9.47. The fourth-order valence-electron chi connectivity index (χ4n) is 3.61. The van der Waals surface area contributed by atoms with E-state index in [0.717, 1.165) is 0 Å². The van der Waals surface area contributed by atoms with Gasteiger partial charge in [0.05, 0.1) is 6.42 Å². The summed E-state index contributed by atoms with van der Waals surface area (Å²) in [6.45, 7) is 5.14. The molecule has 1 atom stereocenters. The largest absolute Gasteiger partial charge is 0.452 e. The highest BCUT2D eigenvalue weighted by atomic mass is 79.9. The van der Waals surface area contributed by atoms with E-state index in [0.29, 0.717) is 15.8 Å². The molecular formula is C21H19BrClFN4O4. The molecule has 0 saturated heterocycles. The van der Waals surface area contributed by atoms with Crippen LogP contribution in [0.4, 0.5) is 9.18 Å². The smallest absolute Gasteiger partial charge is 0.414 e. The summed E-state index contributed by atoms with van der Waals surface area (Å²) in [6, 6.07) is 6.51. The van der Waals surface area contributed by atoms with Crippen molar-refractivity contribution < 1.29 is 23.5 Å². The van der Waals surface area contributed by atoms with Crippen molar-refractivity contribution in [2.75, 3.05) is 7.05 Å². The van der Waals surface area contributed by atoms with Crippen molar-refractivity contribution in [2.45, 2.75) is 38.3 Å². The van der Waals surface area contributed by atoms with Crippen molar-refractivity contribution in [3.8, 4) is 11.5 Å². The second-order valence-electron chi connectivity index (χ2n) is 8.41. The van der Waals surface area contributed by atoms with E-state index in [2.05, 4.69) is 26.2 Å². The Hall–Kier alpha value is -2.72. The van der Waals surface area contributed by atoms with Crippen molar-refractivity contribution in [3.63, 3.8) is 0 Å². The van der Waals surface area contributed by atoms with Crippen LogP contribution in [-0.2, 0) is 15.1 Å². The van der Waals surface area contributed by atoms with E-state index in [4.69, 9.17) is 26.1 Å². The zero-order valence-electron chi connectivity index (χ0n) is 17.6. The molecule has 1 N–H and O–H groups in total. The highest BCUT2D eigenvalue weighted by Gasteiger charge is 2.49. The molecule has 3 heterocycles. The van der Waals surface area contributed by atoms with Crippen molar-refractivity contribution in [2.24, 2.45) is 4.99 Å². The van der Waals surface area contributed by atoms with Gasteiger partial charge in [0.2, 0.25) is 11.9 Å².